The van der Waals surface area contributed by atoms with Gasteiger partial charge in [0.2, 0.25) is 10.0 Å². The van der Waals surface area contributed by atoms with Gasteiger partial charge < -0.3 is 10.1 Å². The van der Waals surface area contributed by atoms with Crippen LogP contribution in [0.3, 0.4) is 0 Å². The smallest absolute Gasteiger partial charge is 0.242 e. The van der Waals surface area contributed by atoms with Crippen LogP contribution in [-0.4, -0.2) is 24.6 Å². The van der Waals surface area contributed by atoms with Crippen LogP contribution < -0.4 is 4.72 Å². The van der Waals surface area contributed by atoms with Gasteiger partial charge in [-0.3, -0.25) is 0 Å². The number of nitrogens with one attached hydrogen (secondary N) is 2. The number of aromatic amines is 1. The number of sulfonamides is 1. The molecule has 3 N–H and O–H groups in total. The summed E-state index contributed by atoms with van der Waals surface area (Å²) >= 11 is 0. The molecule has 90 valence electrons. The molecule has 0 spiro atoms. The fourth-order valence-corrected chi connectivity index (χ4v) is 3.00. The summed E-state index contributed by atoms with van der Waals surface area (Å²) in [7, 11) is -3.45. The fourth-order valence-electron chi connectivity index (χ4n) is 1.67. The van der Waals surface area contributed by atoms with E-state index in [4.69, 9.17) is 5.11 Å². The van der Waals surface area contributed by atoms with Crippen molar-refractivity contribution in [1.82, 2.24) is 9.71 Å². The largest absolute Gasteiger partial charge is 0.390 e. The average molecular weight is 244 g/mol. The highest BCUT2D eigenvalue weighted by Crippen LogP contribution is 2.33. The summed E-state index contributed by atoms with van der Waals surface area (Å²) < 4.78 is 26.4. The van der Waals surface area contributed by atoms with E-state index in [2.05, 4.69) is 9.71 Å². The van der Waals surface area contributed by atoms with Gasteiger partial charge in [0.1, 0.15) is 0 Å². The van der Waals surface area contributed by atoms with Gasteiger partial charge in [-0.05, 0) is 31.7 Å². The lowest BCUT2D eigenvalue weighted by molar-refractivity contribution is 0.277. The third kappa shape index (κ3) is 2.45. The van der Waals surface area contributed by atoms with Crippen molar-refractivity contribution in [3.8, 4) is 0 Å². The van der Waals surface area contributed by atoms with Crippen LogP contribution in [0.4, 0.5) is 0 Å². The lowest BCUT2D eigenvalue weighted by Crippen LogP contribution is -2.33. The van der Waals surface area contributed by atoms with Gasteiger partial charge in [0.25, 0.3) is 0 Å². The number of H-pyrrole nitrogens is 1. The number of hydrogen-bond donors (Lipinski definition) is 3. The van der Waals surface area contributed by atoms with E-state index in [1.165, 1.54) is 12.3 Å². The molecule has 0 aliphatic heterocycles. The Kier molecular flexibility index (Phi) is 3.05. The van der Waals surface area contributed by atoms with Crippen molar-refractivity contribution in [2.24, 2.45) is 5.92 Å². The lowest BCUT2D eigenvalue weighted by Gasteiger charge is -2.11. The zero-order valence-electron chi connectivity index (χ0n) is 9.10. The third-order valence-corrected chi connectivity index (χ3v) is 4.41. The van der Waals surface area contributed by atoms with Gasteiger partial charge in [-0.25, -0.2) is 13.1 Å². The van der Waals surface area contributed by atoms with E-state index in [9.17, 15) is 8.42 Å². The number of aliphatic hydroxyl groups is 1. The van der Waals surface area contributed by atoms with Gasteiger partial charge in [-0.15, -0.1) is 0 Å². The van der Waals surface area contributed by atoms with Gasteiger partial charge in [0.15, 0.2) is 0 Å². The molecule has 1 unspecified atom stereocenters. The quantitative estimate of drug-likeness (QED) is 0.708. The van der Waals surface area contributed by atoms with E-state index in [0.29, 0.717) is 11.6 Å². The molecule has 0 amide bonds. The molecule has 1 saturated carbocycles. The maximum atomic E-state index is 11.9. The lowest BCUT2D eigenvalue weighted by atomic mass is 10.2. The molecule has 0 bridgehead atoms. The standard InChI is InChI=1S/C10H16N2O3S/c1-7(8-2-3-8)12-16(14,15)10-4-9(6-13)11-5-10/h4-5,7-8,11-13H,2-3,6H2,1H3. The summed E-state index contributed by atoms with van der Waals surface area (Å²) in [6, 6.07) is 1.43. The predicted octanol–water partition coefficient (Wildman–Crippen LogP) is 0.584. The molecular formula is C10H16N2O3S. The topological polar surface area (TPSA) is 82.2 Å². The Morgan fingerprint density at radius 2 is 2.31 bits per heavy atom. The predicted molar refractivity (Wildman–Crippen MR) is 59.2 cm³/mol. The van der Waals surface area contributed by atoms with Crippen LogP contribution in [-0.2, 0) is 16.6 Å². The number of aromatic nitrogens is 1. The Balaban J connectivity index is 2.11. The Morgan fingerprint density at radius 3 is 2.81 bits per heavy atom. The van der Waals surface area contributed by atoms with Crippen LogP contribution in [0.2, 0.25) is 0 Å². The summed E-state index contributed by atoms with van der Waals surface area (Å²) in [5.41, 5.74) is 0.499. The molecule has 1 aliphatic rings. The molecule has 1 fully saturated rings. The molecule has 0 aromatic carbocycles. The van der Waals surface area contributed by atoms with Crippen molar-refractivity contribution < 1.29 is 13.5 Å². The van der Waals surface area contributed by atoms with Crippen molar-refractivity contribution in [2.45, 2.75) is 37.3 Å². The first-order valence-electron chi connectivity index (χ1n) is 5.33. The Labute approximate surface area is 94.9 Å². The zero-order chi connectivity index (χ0) is 11.8. The monoisotopic (exact) mass is 244 g/mol. The highest BCUT2D eigenvalue weighted by atomic mass is 32.2. The highest BCUT2D eigenvalue weighted by molar-refractivity contribution is 7.89. The molecule has 6 heteroatoms. The maximum absolute atomic E-state index is 11.9. The van der Waals surface area contributed by atoms with E-state index in [1.54, 1.807) is 0 Å². The SMILES string of the molecule is CC(NS(=O)(=O)c1c[nH]c(CO)c1)C1CC1. The average Bonchev–Trinajstić information content (AvgIpc) is 2.95. The summed E-state index contributed by atoms with van der Waals surface area (Å²) in [5, 5.41) is 8.85. The van der Waals surface area contributed by atoms with Crippen LogP contribution in [0.25, 0.3) is 0 Å². The fraction of sp³-hybridized carbons (Fsp3) is 0.600. The number of rotatable bonds is 5. The van der Waals surface area contributed by atoms with E-state index < -0.39 is 10.0 Å². The molecule has 1 aliphatic carbocycles. The number of hydrogen-bond acceptors (Lipinski definition) is 3. The van der Waals surface area contributed by atoms with Gasteiger partial charge >= 0.3 is 0 Å². The second-order valence-electron chi connectivity index (χ2n) is 4.27. The molecule has 16 heavy (non-hydrogen) atoms. The first-order chi connectivity index (χ1) is 7.53. The van der Waals surface area contributed by atoms with Crippen LogP contribution in [0, 0.1) is 5.92 Å². The van der Waals surface area contributed by atoms with Crippen molar-refractivity contribution in [1.29, 1.82) is 0 Å². The minimum atomic E-state index is -3.45. The van der Waals surface area contributed by atoms with E-state index in [-0.39, 0.29) is 17.5 Å². The zero-order valence-corrected chi connectivity index (χ0v) is 9.92. The van der Waals surface area contributed by atoms with E-state index in [0.717, 1.165) is 12.8 Å². The number of aliphatic hydroxyl groups excluding tert-OH is 1. The van der Waals surface area contributed by atoms with Gasteiger partial charge in [-0.1, -0.05) is 0 Å². The van der Waals surface area contributed by atoms with Crippen molar-refractivity contribution in [3.05, 3.63) is 18.0 Å². The summed E-state index contributed by atoms with van der Waals surface area (Å²) in [5.74, 6) is 0.478. The summed E-state index contributed by atoms with van der Waals surface area (Å²) in [6.45, 7) is 1.70. The van der Waals surface area contributed by atoms with Crippen molar-refractivity contribution in [3.63, 3.8) is 0 Å². The van der Waals surface area contributed by atoms with Crippen LogP contribution in [0.5, 0.6) is 0 Å². The minimum Gasteiger partial charge on any atom is -0.390 e. The molecule has 1 atom stereocenters. The summed E-state index contributed by atoms with van der Waals surface area (Å²) in [6.07, 6.45) is 3.59. The highest BCUT2D eigenvalue weighted by Gasteiger charge is 2.31. The second-order valence-corrected chi connectivity index (χ2v) is 5.98. The third-order valence-electron chi connectivity index (χ3n) is 2.87. The molecule has 1 aromatic rings. The Morgan fingerprint density at radius 1 is 1.62 bits per heavy atom. The van der Waals surface area contributed by atoms with E-state index in [1.807, 2.05) is 6.92 Å². The molecular weight excluding hydrogens is 228 g/mol. The molecule has 1 aromatic heterocycles. The van der Waals surface area contributed by atoms with Crippen LogP contribution in [0.1, 0.15) is 25.5 Å². The van der Waals surface area contributed by atoms with E-state index >= 15 is 0 Å². The Hall–Kier alpha value is -0.850. The Bertz CT molecular complexity index is 462. The van der Waals surface area contributed by atoms with Gasteiger partial charge in [0.05, 0.1) is 11.5 Å². The van der Waals surface area contributed by atoms with Crippen LogP contribution in [0.15, 0.2) is 17.2 Å². The molecule has 0 saturated heterocycles. The maximum Gasteiger partial charge on any atom is 0.242 e. The second kappa shape index (κ2) is 4.20. The summed E-state index contributed by atoms with van der Waals surface area (Å²) in [4.78, 5) is 2.89. The normalized spacial score (nSPS) is 18.6. The first kappa shape index (κ1) is 11.6. The first-order valence-corrected chi connectivity index (χ1v) is 6.82. The van der Waals surface area contributed by atoms with Crippen LogP contribution >= 0.6 is 0 Å². The molecule has 2 rings (SSSR count). The van der Waals surface area contributed by atoms with Gasteiger partial charge in [0, 0.05) is 17.9 Å². The molecule has 1 heterocycles. The minimum absolute atomic E-state index is 0.0162. The van der Waals surface area contributed by atoms with Gasteiger partial charge in [-0.2, -0.15) is 0 Å². The van der Waals surface area contributed by atoms with Crippen molar-refractivity contribution in [2.75, 3.05) is 0 Å². The van der Waals surface area contributed by atoms with Crippen molar-refractivity contribution >= 4 is 10.0 Å². The molecule has 5 nitrogen and oxygen atoms in total. The molecule has 0 radical (unpaired) electrons.